The maximum absolute atomic E-state index is 13.8. The minimum atomic E-state index is -4.08. The molecule has 0 atom stereocenters. The van der Waals surface area contributed by atoms with Gasteiger partial charge in [-0.05, 0) is 54.1 Å². The molecule has 0 fully saturated rings. The SMILES string of the molecule is CNC(=O)N(c1ccc(S(=O)(=O)Nc2cccnn2)cn1)c1cc(Cl)c(-c2cc(F)c(F)c(F)c2)cc1OC. The number of carbonyl (C=O) groups excluding carboxylic acids is 1. The van der Waals surface area contributed by atoms with Gasteiger partial charge < -0.3 is 10.1 Å². The first-order valence-corrected chi connectivity index (χ1v) is 12.7. The van der Waals surface area contributed by atoms with Crippen molar-refractivity contribution in [2.24, 2.45) is 0 Å². The van der Waals surface area contributed by atoms with Gasteiger partial charge in [-0.25, -0.2) is 36.3 Å². The van der Waals surface area contributed by atoms with E-state index in [1.807, 2.05) is 0 Å². The number of amides is 2. The number of halogens is 4. The Kier molecular flexibility index (Phi) is 7.88. The summed E-state index contributed by atoms with van der Waals surface area (Å²) in [4.78, 5) is 17.8. The molecule has 0 aliphatic heterocycles. The molecule has 2 heterocycles. The number of benzene rings is 2. The van der Waals surface area contributed by atoms with Crippen LogP contribution >= 0.6 is 11.6 Å². The van der Waals surface area contributed by atoms with Gasteiger partial charge in [0, 0.05) is 25.0 Å². The lowest BCUT2D eigenvalue weighted by atomic mass is 10.0. The van der Waals surface area contributed by atoms with Gasteiger partial charge in [-0.3, -0.25) is 4.72 Å². The van der Waals surface area contributed by atoms with Gasteiger partial charge in [0.25, 0.3) is 10.0 Å². The number of nitrogens with zero attached hydrogens (tertiary/aromatic N) is 4. The molecule has 2 amide bonds. The molecule has 0 bridgehead atoms. The van der Waals surface area contributed by atoms with Crippen LogP contribution < -0.4 is 19.7 Å². The third-order valence-electron chi connectivity index (χ3n) is 5.29. The second-order valence-electron chi connectivity index (χ2n) is 7.71. The summed E-state index contributed by atoms with van der Waals surface area (Å²) in [6.45, 7) is 0. The molecule has 10 nitrogen and oxygen atoms in total. The van der Waals surface area contributed by atoms with E-state index in [2.05, 4.69) is 25.2 Å². The largest absolute Gasteiger partial charge is 0.495 e. The Bertz CT molecular complexity index is 1620. The van der Waals surface area contributed by atoms with Crippen LogP contribution in [0.2, 0.25) is 5.02 Å². The topological polar surface area (TPSA) is 126 Å². The number of methoxy groups -OCH3 is 1. The fraction of sp³-hybridized carbons (Fsp3) is 0.0833. The monoisotopic (exact) mass is 578 g/mol. The maximum Gasteiger partial charge on any atom is 0.327 e. The Hall–Kier alpha value is -4.43. The molecular formula is C24H18ClF3N6O4S. The molecule has 202 valence electrons. The summed E-state index contributed by atoms with van der Waals surface area (Å²) < 4.78 is 74.2. The van der Waals surface area contributed by atoms with Crippen LogP contribution in [0.4, 0.5) is 35.3 Å². The van der Waals surface area contributed by atoms with E-state index in [9.17, 15) is 26.4 Å². The molecule has 0 aliphatic carbocycles. The predicted molar refractivity (Wildman–Crippen MR) is 137 cm³/mol. The van der Waals surface area contributed by atoms with E-state index in [0.29, 0.717) is 0 Å². The molecule has 2 aromatic heterocycles. The number of carbonyl (C=O) groups is 1. The van der Waals surface area contributed by atoms with Crippen LogP contribution in [0, 0.1) is 17.5 Å². The molecule has 0 saturated carbocycles. The van der Waals surface area contributed by atoms with Crippen molar-refractivity contribution in [2.75, 3.05) is 23.8 Å². The van der Waals surface area contributed by atoms with Gasteiger partial charge in [0.2, 0.25) is 0 Å². The molecule has 4 aromatic rings. The zero-order chi connectivity index (χ0) is 28.3. The Labute approximate surface area is 225 Å². The van der Waals surface area contributed by atoms with Gasteiger partial charge in [-0.1, -0.05) is 11.6 Å². The van der Waals surface area contributed by atoms with Gasteiger partial charge >= 0.3 is 6.03 Å². The third kappa shape index (κ3) is 5.71. The van der Waals surface area contributed by atoms with E-state index < -0.39 is 33.5 Å². The van der Waals surface area contributed by atoms with Crippen molar-refractivity contribution in [1.29, 1.82) is 0 Å². The Balaban J connectivity index is 1.75. The standard InChI is InChI=1S/C24H18ClF3N6O4S/c1-29-24(35)34(22-6-5-14(12-30-22)39(36,37)33-21-4-3-7-31-32-21)19-11-16(25)15(10-20(19)38-2)13-8-17(26)23(28)18(27)9-13/h3-12H,1-2H3,(H,29,35)(H,32,33). The number of sulfonamides is 1. The summed E-state index contributed by atoms with van der Waals surface area (Å²) in [5, 5.41) is 9.66. The number of hydrogen-bond donors (Lipinski definition) is 2. The number of aromatic nitrogens is 3. The lowest BCUT2D eigenvalue weighted by Gasteiger charge is -2.24. The lowest BCUT2D eigenvalue weighted by Crippen LogP contribution is -2.35. The highest BCUT2D eigenvalue weighted by molar-refractivity contribution is 7.92. The molecule has 0 spiro atoms. The molecule has 0 unspecified atom stereocenters. The van der Waals surface area contributed by atoms with E-state index >= 15 is 0 Å². The summed E-state index contributed by atoms with van der Waals surface area (Å²) >= 11 is 6.41. The molecule has 0 radical (unpaired) electrons. The first kappa shape index (κ1) is 27.6. The highest BCUT2D eigenvalue weighted by atomic mass is 35.5. The van der Waals surface area contributed by atoms with Crippen molar-refractivity contribution < 1.29 is 31.1 Å². The van der Waals surface area contributed by atoms with E-state index in [1.165, 1.54) is 56.8 Å². The minimum Gasteiger partial charge on any atom is -0.495 e. The summed E-state index contributed by atoms with van der Waals surface area (Å²) in [6, 6.07) is 8.83. The number of anilines is 3. The smallest absolute Gasteiger partial charge is 0.327 e. The van der Waals surface area contributed by atoms with Gasteiger partial charge in [-0.15, -0.1) is 5.10 Å². The van der Waals surface area contributed by atoms with Gasteiger partial charge in [-0.2, -0.15) is 5.10 Å². The molecule has 15 heteroatoms. The average molecular weight is 579 g/mol. The van der Waals surface area contributed by atoms with Gasteiger partial charge in [0.1, 0.15) is 16.5 Å². The zero-order valence-corrected chi connectivity index (χ0v) is 21.7. The number of pyridine rings is 1. The summed E-state index contributed by atoms with van der Waals surface area (Å²) in [6.07, 6.45) is 2.40. The van der Waals surface area contributed by atoms with Crippen molar-refractivity contribution in [1.82, 2.24) is 20.5 Å². The molecule has 2 N–H and O–H groups in total. The Morgan fingerprint density at radius 3 is 2.36 bits per heavy atom. The number of nitrogens with one attached hydrogen (secondary N) is 2. The number of ether oxygens (including phenoxy) is 1. The molecular weight excluding hydrogens is 561 g/mol. The minimum absolute atomic E-state index is 0.00560. The van der Waals surface area contributed by atoms with Crippen LogP contribution in [-0.4, -0.2) is 43.8 Å². The highest BCUT2D eigenvalue weighted by Crippen LogP contribution is 2.41. The first-order valence-electron chi connectivity index (χ1n) is 10.9. The Morgan fingerprint density at radius 2 is 1.79 bits per heavy atom. The van der Waals surface area contributed by atoms with Crippen molar-refractivity contribution in [2.45, 2.75) is 4.90 Å². The maximum atomic E-state index is 13.8. The summed E-state index contributed by atoms with van der Waals surface area (Å²) in [7, 11) is -1.44. The summed E-state index contributed by atoms with van der Waals surface area (Å²) in [5.74, 6) is -4.45. The van der Waals surface area contributed by atoms with Crippen LogP contribution in [-0.2, 0) is 10.0 Å². The molecule has 39 heavy (non-hydrogen) atoms. The lowest BCUT2D eigenvalue weighted by molar-refractivity contribution is 0.250. The fourth-order valence-electron chi connectivity index (χ4n) is 3.48. The summed E-state index contributed by atoms with van der Waals surface area (Å²) in [5.41, 5.74) is 0.0851. The predicted octanol–water partition coefficient (Wildman–Crippen LogP) is 4.90. The van der Waals surface area contributed by atoms with Crippen molar-refractivity contribution in [3.63, 3.8) is 0 Å². The number of rotatable bonds is 7. The molecule has 0 saturated heterocycles. The van der Waals surface area contributed by atoms with Crippen LogP contribution in [0.25, 0.3) is 11.1 Å². The highest BCUT2D eigenvalue weighted by Gasteiger charge is 2.26. The van der Waals surface area contributed by atoms with Gasteiger partial charge in [0.15, 0.2) is 23.3 Å². The van der Waals surface area contributed by atoms with E-state index in [4.69, 9.17) is 16.3 Å². The number of urea groups is 1. The molecule has 4 rings (SSSR count). The van der Waals surface area contributed by atoms with Crippen molar-refractivity contribution in [3.8, 4) is 16.9 Å². The first-order chi connectivity index (χ1) is 18.6. The molecule has 2 aromatic carbocycles. The van der Waals surface area contributed by atoms with Gasteiger partial charge in [0.05, 0.1) is 17.8 Å². The normalized spacial score (nSPS) is 11.1. The van der Waals surface area contributed by atoms with Crippen molar-refractivity contribution in [3.05, 3.63) is 83.4 Å². The van der Waals surface area contributed by atoms with Crippen LogP contribution in [0.15, 0.2) is 65.8 Å². The molecule has 0 aliphatic rings. The zero-order valence-electron chi connectivity index (χ0n) is 20.1. The fourth-order valence-corrected chi connectivity index (χ4v) is 4.69. The second-order valence-corrected chi connectivity index (χ2v) is 9.80. The quantitative estimate of drug-likeness (QED) is 0.299. The van der Waals surface area contributed by atoms with Crippen LogP contribution in [0.5, 0.6) is 5.75 Å². The van der Waals surface area contributed by atoms with E-state index in [1.54, 1.807) is 0 Å². The van der Waals surface area contributed by atoms with E-state index in [-0.39, 0.29) is 44.1 Å². The van der Waals surface area contributed by atoms with Crippen molar-refractivity contribution >= 4 is 45.0 Å². The average Bonchev–Trinajstić information content (AvgIpc) is 2.92. The van der Waals surface area contributed by atoms with Crippen LogP contribution in [0.1, 0.15) is 0 Å². The second kappa shape index (κ2) is 11.1. The third-order valence-corrected chi connectivity index (χ3v) is 6.95. The number of hydrogen-bond acceptors (Lipinski definition) is 7. The van der Waals surface area contributed by atoms with E-state index in [0.717, 1.165) is 23.2 Å². The Morgan fingerprint density at radius 1 is 1.08 bits per heavy atom. The van der Waals surface area contributed by atoms with Crippen LogP contribution in [0.3, 0.4) is 0 Å².